The van der Waals surface area contributed by atoms with E-state index in [2.05, 4.69) is 39.7 Å². The lowest BCUT2D eigenvalue weighted by Gasteiger charge is -2.13. The van der Waals surface area contributed by atoms with E-state index in [0.717, 1.165) is 12.4 Å². The van der Waals surface area contributed by atoms with Crippen LogP contribution in [0.4, 0.5) is 0 Å². The van der Waals surface area contributed by atoms with Gasteiger partial charge in [0.25, 0.3) is 0 Å². The zero-order valence-electron chi connectivity index (χ0n) is 9.93. The number of hydrogen-bond donors (Lipinski definition) is 1. The summed E-state index contributed by atoms with van der Waals surface area (Å²) in [6.45, 7) is 0.773. The third kappa shape index (κ3) is 1.96. The smallest absolute Gasteiger partial charge is 0.140 e. The summed E-state index contributed by atoms with van der Waals surface area (Å²) in [7, 11) is 1.92. The van der Waals surface area contributed by atoms with E-state index in [1.165, 1.54) is 24.0 Å². The van der Waals surface area contributed by atoms with Crippen LogP contribution in [-0.2, 0) is 20.0 Å². The van der Waals surface area contributed by atoms with Gasteiger partial charge in [0.1, 0.15) is 12.2 Å². The van der Waals surface area contributed by atoms with Gasteiger partial charge in [0.2, 0.25) is 0 Å². The van der Waals surface area contributed by atoms with Crippen molar-refractivity contribution in [3.8, 4) is 0 Å². The average molecular weight is 228 g/mol. The van der Waals surface area contributed by atoms with E-state index in [1.807, 2.05) is 11.7 Å². The lowest BCUT2D eigenvalue weighted by molar-refractivity contribution is 0.506. The minimum absolute atomic E-state index is 0.461. The molecule has 1 heterocycles. The molecule has 3 rings (SSSR count). The Morgan fingerprint density at radius 3 is 3.12 bits per heavy atom. The highest BCUT2D eigenvalue weighted by molar-refractivity contribution is 5.34. The van der Waals surface area contributed by atoms with Crippen LogP contribution >= 0.6 is 0 Å². The number of nitrogens with zero attached hydrogens (tertiary/aromatic N) is 3. The molecule has 1 N–H and O–H groups in total. The molecule has 1 aromatic heterocycles. The zero-order valence-corrected chi connectivity index (χ0v) is 9.93. The number of aromatic nitrogens is 3. The first-order chi connectivity index (χ1) is 8.34. The maximum Gasteiger partial charge on any atom is 0.140 e. The predicted octanol–water partition coefficient (Wildman–Crippen LogP) is 1.59. The minimum atomic E-state index is 0.461. The molecule has 1 unspecified atom stereocenters. The number of benzene rings is 1. The molecule has 2 aromatic rings. The molecule has 17 heavy (non-hydrogen) atoms. The van der Waals surface area contributed by atoms with Crippen molar-refractivity contribution in [3.63, 3.8) is 0 Å². The quantitative estimate of drug-likeness (QED) is 0.867. The second kappa shape index (κ2) is 4.30. The number of nitrogens with one attached hydrogen (secondary N) is 1. The van der Waals surface area contributed by atoms with Crippen molar-refractivity contribution >= 4 is 0 Å². The largest absolute Gasteiger partial charge is 0.303 e. The Hall–Kier alpha value is -1.68. The molecule has 0 saturated carbocycles. The number of fused-ring (bicyclic) bond motifs is 1. The van der Waals surface area contributed by atoms with Crippen molar-refractivity contribution in [2.45, 2.75) is 25.4 Å². The molecular weight excluding hydrogens is 212 g/mol. The molecule has 1 aliphatic rings. The fourth-order valence-corrected chi connectivity index (χ4v) is 2.46. The van der Waals surface area contributed by atoms with Crippen LogP contribution in [0.25, 0.3) is 0 Å². The van der Waals surface area contributed by atoms with Gasteiger partial charge in [-0.05, 0) is 24.0 Å². The number of aryl methyl sites for hydroxylation is 2. The minimum Gasteiger partial charge on any atom is -0.303 e. The molecule has 4 nitrogen and oxygen atoms in total. The van der Waals surface area contributed by atoms with Crippen LogP contribution in [0.15, 0.2) is 30.6 Å². The van der Waals surface area contributed by atoms with Crippen molar-refractivity contribution in [3.05, 3.63) is 47.5 Å². The average Bonchev–Trinajstić information content (AvgIpc) is 2.93. The van der Waals surface area contributed by atoms with E-state index in [4.69, 9.17) is 0 Å². The molecule has 0 spiro atoms. The number of hydrogen-bond acceptors (Lipinski definition) is 3. The Morgan fingerprint density at radius 1 is 1.41 bits per heavy atom. The zero-order chi connectivity index (χ0) is 11.7. The summed E-state index contributed by atoms with van der Waals surface area (Å²) in [5, 5.41) is 7.63. The van der Waals surface area contributed by atoms with Crippen molar-refractivity contribution < 1.29 is 0 Å². The van der Waals surface area contributed by atoms with E-state index >= 15 is 0 Å². The van der Waals surface area contributed by atoms with Crippen molar-refractivity contribution in [1.82, 2.24) is 20.1 Å². The highest BCUT2D eigenvalue weighted by Gasteiger charge is 2.21. The molecular formula is C13H16N4. The van der Waals surface area contributed by atoms with E-state index in [-0.39, 0.29) is 0 Å². The third-order valence-corrected chi connectivity index (χ3v) is 3.44. The molecule has 1 aliphatic carbocycles. The molecule has 4 heteroatoms. The van der Waals surface area contributed by atoms with Crippen LogP contribution in [0.2, 0.25) is 0 Å². The number of rotatable bonds is 3. The van der Waals surface area contributed by atoms with Crippen LogP contribution in [0.3, 0.4) is 0 Å². The van der Waals surface area contributed by atoms with Crippen molar-refractivity contribution in [1.29, 1.82) is 0 Å². The lowest BCUT2D eigenvalue weighted by Crippen LogP contribution is -2.20. The van der Waals surface area contributed by atoms with Gasteiger partial charge < -0.3 is 5.32 Å². The lowest BCUT2D eigenvalue weighted by atomic mass is 10.1. The van der Waals surface area contributed by atoms with Gasteiger partial charge in [0.05, 0.1) is 6.54 Å². The summed E-state index contributed by atoms with van der Waals surface area (Å²) < 4.78 is 1.81. The summed E-state index contributed by atoms with van der Waals surface area (Å²) in [5.41, 5.74) is 2.91. The Morgan fingerprint density at radius 2 is 2.29 bits per heavy atom. The summed E-state index contributed by atoms with van der Waals surface area (Å²) in [4.78, 5) is 4.22. The van der Waals surface area contributed by atoms with Crippen LogP contribution in [0.5, 0.6) is 0 Å². The van der Waals surface area contributed by atoms with Crippen LogP contribution in [0, 0.1) is 0 Å². The van der Waals surface area contributed by atoms with E-state index in [9.17, 15) is 0 Å². The van der Waals surface area contributed by atoms with E-state index in [0.29, 0.717) is 6.04 Å². The standard InChI is InChI=1S/C13H16N4/c1-17-13(15-9-16-17)8-14-12-7-6-10-4-2-3-5-11(10)12/h2-5,9,12,14H,6-8H2,1H3. The van der Waals surface area contributed by atoms with Gasteiger partial charge >= 0.3 is 0 Å². The molecule has 0 fully saturated rings. The molecule has 88 valence electrons. The fraction of sp³-hybridized carbons (Fsp3) is 0.385. The summed E-state index contributed by atoms with van der Waals surface area (Å²) >= 11 is 0. The van der Waals surface area contributed by atoms with Gasteiger partial charge in [-0.3, -0.25) is 4.68 Å². The van der Waals surface area contributed by atoms with Crippen LogP contribution < -0.4 is 5.32 Å². The second-order valence-electron chi connectivity index (χ2n) is 4.47. The SMILES string of the molecule is Cn1ncnc1CNC1CCc2ccccc21. The molecule has 1 atom stereocenters. The Labute approximate surface area is 101 Å². The summed E-state index contributed by atoms with van der Waals surface area (Å²) in [6, 6.07) is 9.13. The summed E-state index contributed by atoms with van der Waals surface area (Å²) in [5.74, 6) is 0.981. The molecule has 0 aliphatic heterocycles. The highest BCUT2D eigenvalue weighted by atomic mass is 15.3. The van der Waals surface area contributed by atoms with Gasteiger partial charge in [-0.1, -0.05) is 24.3 Å². The van der Waals surface area contributed by atoms with Crippen LogP contribution in [-0.4, -0.2) is 14.8 Å². The van der Waals surface area contributed by atoms with Gasteiger partial charge in [0.15, 0.2) is 0 Å². The Balaban J connectivity index is 1.70. The first kappa shape index (κ1) is 10.5. The molecule has 0 bridgehead atoms. The maximum absolute atomic E-state index is 4.22. The second-order valence-corrected chi connectivity index (χ2v) is 4.47. The van der Waals surface area contributed by atoms with E-state index in [1.54, 1.807) is 6.33 Å². The van der Waals surface area contributed by atoms with Gasteiger partial charge in [-0.2, -0.15) is 5.10 Å². The monoisotopic (exact) mass is 228 g/mol. The molecule has 0 radical (unpaired) electrons. The Bertz CT molecular complexity index is 518. The topological polar surface area (TPSA) is 42.7 Å². The highest BCUT2D eigenvalue weighted by Crippen LogP contribution is 2.30. The molecule has 1 aromatic carbocycles. The van der Waals surface area contributed by atoms with Crippen molar-refractivity contribution in [2.24, 2.45) is 7.05 Å². The normalized spacial score (nSPS) is 18.3. The first-order valence-corrected chi connectivity index (χ1v) is 5.98. The van der Waals surface area contributed by atoms with E-state index < -0.39 is 0 Å². The van der Waals surface area contributed by atoms with Crippen molar-refractivity contribution in [2.75, 3.05) is 0 Å². The fourth-order valence-electron chi connectivity index (χ4n) is 2.46. The van der Waals surface area contributed by atoms with Gasteiger partial charge in [-0.15, -0.1) is 0 Å². The van der Waals surface area contributed by atoms with Crippen LogP contribution in [0.1, 0.15) is 29.4 Å². The third-order valence-electron chi connectivity index (χ3n) is 3.44. The Kier molecular flexibility index (Phi) is 2.65. The predicted molar refractivity (Wildman–Crippen MR) is 65.3 cm³/mol. The van der Waals surface area contributed by atoms with Gasteiger partial charge in [-0.25, -0.2) is 4.98 Å². The molecule has 0 saturated heterocycles. The summed E-state index contributed by atoms with van der Waals surface area (Å²) in [6.07, 6.45) is 3.95. The maximum atomic E-state index is 4.22. The molecule has 0 amide bonds. The van der Waals surface area contributed by atoms with Gasteiger partial charge in [0, 0.05) is 13.1 Å². The first-order valence-electron chi connectivity index (χ1n) is 5.98.